The van der Waals surface area contributed by atoms with Crippen molar-refractivity contribution in [2.45, 2.75) is 31.7 Å². The van der Waals surface area contributed by atoms with Crippen LogP contribution in [0.1, 0.15) is 36.0 Å². The standard InChI is InChI=1S/C15H21NO4/c1-18-12-9-8-11(13(19-2)14(12)20-3)15(17)16-10-6-4-5-7-10/h8-10H,4-7H2,1-3H3,(H,16,17). The van der Waals surface area contributed by atoms with Crippen molar-refractivity contribution in [2.75, 3.05) is 21.3 Å². The first-order valence-electron chi connectivity index (χ1n) is 6.81. The predicted molar refractivity (Wildman–Crippen MR) is 75.8 cm³/mol. The summed E-state index contributed by atoms with van der Waals surface area (Å²) >= 11 is 0. The molecule has 1 saturated carbocycles. The van der Waals surface area contributed by atoms with Gasteiger partial charge in [0.05, 0.1) is 26.9 Å². The fourth-order valence-electron chi connectivity index (χ4n) is 2.61. The van der Waals surface area contributed by atoms with Crippen LogP contribution in [0.5, 0.6) is 17.2 Å². The topological polar surface area (TPSA) is 56.8 Å². The number of benzene rings is 1. The van der Waals surface area contributed by atoms with Crippen molar-refractivity contribution in [3.63, 3.8) is 0 Å². The monoisotopic (exact) mass is 279 g/mol. The minimum Gasteiger partial charge on any atom is -0.493 e. The van der Waals surface area contributed by atoms with Crippen molar-refractivity contribution >= 4 is 5.91 Å². The van der Waals surface area contributed by atoms with Crippen LogP contribution in [0.2, 0.25) is 0 Å². The van der Waals surface area contributed by atoms with E-state index in [-0.39, 0.29) is 11.9 Å². The molecule has 0 unspecified atom stereocenters. The van der Waals surface area contributed by atoms with Gasteiger partial charge in [-0.05, 0) is 25.0 Å². The largest absolute Gasteiger partial charge is 0.493 e. The van der Waals surface area contributed by atoms with Crippen molar-refractivity contribution in [3.05, 3.63) is 17.7 Å². The number of rotatable bonds is 5. The Bertz CT molecular complexity index is 481. The third-order valence-electron chi connectivity index (χ3n) is 3.64. The minimum absolute atomic E-state index is 0.130. The molecule has 0 saturated heterocycles. The molecule has 110 valence electrons. The number of amides is 1. The first-order valence-corrected chi connectivity index (χ1v) is 6.81. The quantitative estimate of drug-likeness (QED) is 0.899. The second-order valence-electron chi connectivity index (χ2n) is 4.84. The molecule has 0 heterocycles. The molecule has 2 rings (SSSR count). The molecule has 0 atom stereocenters. The number of methoxy groups -OCH3 is 3. The molecule has 1 aromatic carbocycles. The molecule has 0 aromatic heterocycles. The van der Waals surface area contributed by atoms with Gasteiger partial charge in [0.1, 0.15) is 0 Å². The Balaban J connectivity index is 2.27. The first-order chi connectivity index (χ1) is 9.71. The predicted octanol–water partition coefficient (Wildman–Crippen LogP) is 2.38. The fraction of sp³-hybridized carbons (Fsp3) is 0.533. The Kier molecular flexibility index (Phi) is 4.71. The minimum atomic E-state index is -0.130. The van der Waals surface area contributed by atoms with Crippen LogP contribution in [0.25, 0.3) is 0 Å². The van der Waals surface area contributed by atoms with Gasteiger partial charge in [-0.2, -0.15) is 0 Å². The van der Waals surface area contributed by atoms with Gasteiger partial charge in [0.2, 0.25) is 5.75 Å². The molecular weight excluding hydrogens is 258 g/mol. The molecule has 1 aliphatic rings. The molecule has 20 heavy (non-hydrogen) atoms. The third kappa shape index (κ3) is 2.81. The van der Waals surface area contributed by atoms with E-state index >= 15 is 0 Å². The number of carbonyl (C=O) groups excluding carboxylic acids is 1. The fourth-order valence-corrected chi connectivity index (χ4v) is 2.61. The number of hydrogen-bond donors (Lipinski definition) is 1. The summed E-state index contributed by atoms with van der Waals surface area (Å²) in [6.45, 7) is 0. The maximum atomic E-state index is 12.4. The lowest BCUT2D eigenvalue weighted by Crippen LogP contribution is -2.32. The van der Waals surface area contributed by atoms with Crippen LogP contribution < -0.4 is 19.5 Å². The Morgan fingerprint density at radius 3 is 2.25 bits per heavy atom. The van der Waals surface area contributed by atoms with Gasteiger partial charge in [0.25, 0.3) is 5.91 Å². The smallest absolute Gasteiger partial charge is 0.255 e. The van der Waals surface area contributed by atoms with Gasteiger partial charge in [-0.25, -0.2) is 0 Å². The van der Waals surface area contributed by atoms with Gasteiger partial charge in [-0.1, -0.05) is 12.8 Å². The second-order valence-corrected chi connectivity index (χ2v) is 4.84. The van der Waals surface area contributed by atoms with E-state index in [0.29, 0.717) is 22.8 Å². The molecular formula is C15H21NO4. The van der Waals surface area contributed by atoms with Crippen LogP contribution in [0.3, 0.4) is 0 Å². The lowest BCUT2D eigenvalue weighted by molar-refractivity contribution is 0.0934. The van der Waals surface area contributed by atoms with Gasteiger partial charge in [-0.3, -0.25) is 4.79 Å². The van der Waals surface area contributed by atoms with E-state index in [9.17, 15) is 4.79 Å². The van der Waals surface area contributed by atoms with Gasteiger partial charge >= 0.3 is 0 Å². The van der Waals surface area contributed by atoms with Gasteiger partial charge in [0.15, 0.2) is 11.5 Å². The Morgan fingerprint density at radius 2 is 1.70 bits per heavy atom. The molecule has 5 nitrogen and oxygen atoms in total. The third-order valence-corrected chi connectivity index (χ3v) is 3.64. The molecule has 1 aliphatic carbocycles. The molecule has 1 N–H and O–H groups in total. The van der Waals surface area contributed by atoms with Crippen LogP contribution in [0.15, 0.2) is 12.1 Å². The second kappa shape index (κ2) is 6.50. The van der Waals surface area contributed by atoms with Crippen molar-refractivity contribution in [3.8, 4) is 17.2 Å². The highest BCUT2D eigenvalue weighted by Gasteiger charge is 2.23. The number of nitrogens with one attached hydrogen (secondary N) is 1. The maximum absolute atomic E-state index is 12.4. The zero-order chi connectivity index (χ0) is 14.5. The molecule has 1 aromatic rings. The van der Waals surface area contributed by atoms with Crippen molar-refractivity contribution in [2.24, 2.45) is 0 Å². The molecule has 1 amide bonds. The van der Waals surface area contributed by atoms with Crippen molar-refractivity contribution < 1.29 is 19.0 Å². The van der Waals surface area contributed by atoms with Crippen molar-refractivity contribution in [1.29, 1.82) is 0 Å². The average Bonchev–Trinajstić information content (AvgIpc) is 2.98. The maximum Gasteiger partial charge on any atom is 0.255 e. The molecule has 0 radical (unpaired) electrons. The highest BCUT2D eigenvalue weighted by Crippen LogP contribution is 2.39. The van der Waals surface area contributed by atoms with Crippen molar-refractivity contribution in [1.82, 2.24) is 5.32 Å². The average molecular weight is 279 g/mol. The number of hydrogen-bond acceptors (Lipinski definition) is 4. The summed E-state index contributed by atoms with van der Waals surface area (Å²) in [5.74, 6) is 1.26. The number of ether oxygens (including phenoxy) is 3. The van der Waals surface area contributed by atoms with E-state index in [1.54, 1.807) is 19.2 Å². The van der Waals surface area contributed by atoms with E-state index < -0.39 is 0 Å². The highest BCUT2D eigenvalue weighted by molar-refractivity contribution is 5.98. The zero-order valence-corrected chi connectivity index (χ0v) is 12.2. The van der Waals surface area contributed by atoms with Crippen LogP contribution in [-0.2, 0) is 0 Å². The summed E-state index contributed by atoms with van der Waals surface area (Å²) in [6, 6.07) is 3.68. The van der Waals surface area contributed by atoms with Crippen LogP contribution in [0, 0.1) is 0 Å². The number of carbonyl (C=O) groups is 1. The highest BCUT2D eigenvalue weighted by atomic mass is 16.5. The van der Waals surface area contributed by atoms with E-state index in [4.69, 9.17) is 14.2 Å². The van der Waals surface area contributed by atoms with E-state index in [1.807, 2.05) is 0 Å². The normalized spacial score (nSPS) is 14.9. The molecule has 0 aliphatic heterocycles. The van der Waals surface area contributed by atoms with Gasteiger partial charge in [-0.15, -0.1) is 0 Å². The lowest BCUT2D eigenvalue weighted by Gasteiger charge is -2.17. The molecule has 0 spiro atoms. The zero-order valence-electron chi connectivity index (χ0n) is 12.2. The Morgan fingerprint density at radius 1 is 1.05 bits per heavy atom. The first kappa shape index (κ1) is 14.5. The SMILES string of the molecule is COc1ccc(C(=O)NC2CCCC2)c(OC)c1OC. The van der Waals surface area contributed by atoms with E-state index in [1.165, 1.54) is 27.1 Å². The summed E-state index contributed by atoms with van der Waals surface area (Å²) < 4.78 is 15.8. The summed E-state index contributed by atoms with van der Waals surface area (Å²) in [7, 11) is 4.60. The lowest BCUT2D eigenvalue weighted by atomic mass is 10.1. The van der Waals surface area contributed by atoms with Gasteiger partial charge < -0.3 is 19.5 Å². The summed E-state index contributed by atoms with van der Waals surface area (Å²) in [4.78, 5) is 12.4. The molecule has 1 fully saturated rings. The summed E-state index contributed by atoms with van der Waals surface area (Å²) in [6.07, 6.45) is 4.44. The van der Waals surface area contributed by atoms with Gasteiger partial charge in [0, 0.05) is 6.04 Å². The molecule has 5 heteroatoms. The van der Waals surface area contributed by atoms with Crippen LogP contribution in [0.4, 0.5) is 0 Å². The van der Waals surface area contributed by atoms with Crippen LogP contribution >= 0.6 is 0 Å². The molecule has 0 bridgehead atoms. The van der Waals surface area contributed by atoms with E-state index in [2.05, 4.69) is 5.32 Å². The van der Waals surface area contributed by atoms with E-state index in [0.717, 1.165) is 12.8 Å². The summed E-state index contributed by atoms with van der Waals surface area (Å²) in [5.41, 5.74) is 0.469. The Hall–Kier alpha value is -1.91. The summed E-state index contributed by atoms with van der Waals surface area (Å²) in [5, 5.41) is 3.04. The van der Waals surface area contributed by atoms with Crippen LogP contribution in [-0.4, -0.2) is 33.3 Å². The Labute approximate surface area is 119 Å².